The van der Waals surface area contributed by atoms with Gasteiger partial charge in [0, 0.05) is 6.54 Å². The van der Waals surface area contributed by atoms with Gasteiger partial charge in [-0.3, -0.25) is 9.59 Å². The van der Waals surface area contributed by atoms with E-state index in [1.165, 1.54) is 12.7 Å². The first-order valence-corrected chi connectivity index (χ1v) is 7.70. The molecule has 1 atom stereocenters. The maximum absolute atomic E-state index is 12.0. The molecule has 1 heterocycles. The van der Waals surface area contributed by atoms with E-state index in [4.69, 9.17) is 4.74 Å². The molecule has 0 radical (unpaired) electrons. The lowest BCUT2D eigenvalue weighted by Gasteiger charge is -2.13. The van der Waals surface area contributed by atoms with Crippen molar-refractivity contribution in [1.29, 1.82) is 0 Å². The van der Waals surface area contributed by atoms with Crippen LogP contribution in [0.25, 0.3) is 5.69 Å². The van der Waals surface area contributed by atoms with Gasteiger partial charge in [0.25, 0.3) is 5.91 Å². The number of hydrogen-bond acceptors (Lipinski definition) is 6. The van der Waals surface area contributed by atoms with Crippen LogP contribution in [0.15, 0.2) is 36.9 Å². The quantitative estimate of drug-likeness (QED) is 0.686. The Labute approximate surface area is 144 Å². The van der Waals surface area contributed by atoms with Crippen molar-refractivity contribution in [2.75, 3.05) is 13.2 Å². The molecule has 1 aromatic heterocycles. The number of likely N-dealkylation sites (N-methyl/N-ethyl adjacent to an activating group) is 1. The van der Waals surface area contributed by atoms with Gasteiger partial charge in [0.05, 0.1) is 11.3 Å². The zero-order valence-electron chi connectivity index (χ0n) is 13.9. The highest BCUT2D eigenvalue weighted by Gasteiger charge is 2.16. The van der Waals surface area contributed by atoms with Gasteiger partial charge in [0.1, 0.15) is 18.7 Å². The van der Waals surface area contributed by atoms with Crippen LogP contribution in [0.1, 0.15) is 24.2 Å². The summed E-state index contributed by atoms with van der Waals surface area (Å²) < 4.78 is 6.49. The van der Waals surface area contributed by atoms with E-state index in [2.05, 4.69) is 20.7 Å². The molecule has 0 spiro atoms. The number of esters is 1. The van der Waals surface area contributed by atoms with Crippen LogP contribution in [-0.2, 0) is 14.3 Å². The lowest BCUT2D eigenvalue weighted by molar-refractivity contribution is -0.130. The summed E-state index contributed by atoms with van der Waals surface area (Å²) in [7, 11) is 0. The zero-order chi connectivity index (χ0) is 18.2. The lowest BCUT2D eigenvalue weighted by atomic mass is 10.2. The highest BCUT2D eigenvalue weighted by Crippen LogP contribution is 2.09. The largest absolute Gasteiger partial charge is 0.452 e. The second kappa shape index (κ2) is 8.57. The Morgan fingerprint density at radius 3 is 2.56 bits per heavy atom. The molecule has 0 bridgehead atoms. The van der Waals surface area contributed by atoms with Crippen molar-refractivity contribution in [1.82, 2.24) is 25.4 Å². The fourth-order valence-corrected chi connectivity index (χ4v) is 1.98. The monoisotopic (exact) mass is 345 g/mol. The van der Waals surface area contributed by atoms with Gasteiger partial charge in [-0.15, -0.1) is 0 Å². The molecule has 2 rings (SSSR count). The van der Waals surface area contributed by atoms with Crippen molar-refractivity contribution in [2.24, 2.45) is 0 Å². The standard InChI is InChI=1S/C16H19N5O4/c1-3-18-15(23)11(2)20-14(22)8-25-16(24)12-4-6-13(7-5-12)21-10-17-9-19-21/h4-7,9-11H,3,8H2,1-2H3,(H,18,23)(H,20,22)/t11-/m1/s1. The predicted octanol–water partition coefficient (Wildman–Crippen LogP) is 0.0649. The van der Waals surface area contributed by atoms with Gasteiger partial charge in [-0.2, -0.15) is 5.10 Å². The number of carbonyl (C=O) groups is 3. The summed E-state index contributed by atoms with van der Waals surface area (Å²) in [4.78, 5) is 39.0. The van der Waals surface area contributed by atoms with Gasteiger partial charge < -0.3 is 15.4 Å². The summed E-state index contributed by atoms with van der Waals surface area (Å²) in [5.74, 6) is -1.48. The summed E-state index contributed by atoms with van der Waals surface area (Å²) in [6.07, 6.45) is 2.94. The predicted molar refractivity (Wildman–Crippen MR) is 87.9 cm³/mol. The van der Waals surface area contributed by atoms with Gasteiger partial charge in [0.2, 0.25) is 5.91 Å². The summed E-state index contributed by atoms with van der Waals surface area (Å²) in [6.45, 7) is 3.34. The number of rotatable bonds is 7. The highest BCUT2D eigenvalue weighted by molar-refractivity contribution is 5.92. The third-order valence-corrected chi connectivity index (χ3v) is 3.24. The minimum Gasteiger partial charge on any atom is -0.452 e. The van der Waals surface area contributed by atoms with E-state index in [-0.39, 0.29) is 5.91 Å². The molecule has 1 aromatic carbocycles. The molecule has 0 aliphatic rings. The maximum atomic E-state index is 12.0. The lowest BCUT2D eigenvalue weighted by Crippen LogP contribution is -2.46. The number of amides is 2. The number of hydrogen-bond donors (Lipinski definition) is 2. The van der Waals surface area contributed by atoms with Crippen molar-refractivity contribution in [3.8, 4) is 5.69 Å². The average molecular weight is 345 g/mol. The van der Waals surface area contributed by atoms with Gasteiger partial charge >= 0.3 is 5.97 Å². The minimum absolute atomic E-state index is 0.299. The topological polar surface area (TPSA) is 115 Å². The van der Waals surface area contributed by atoms with Crippen molar-refractivity contribution >= 4 is 17.8 Å². The fourth-order valence-electron chi connectivity index (χ4n) is 1.98. The van der Waals surface area contributed by atoms with Crippen molar-refractivity contribution in [2.45, 2.75) is 19.9 Å². The third-order valence-electron chi connectivity index (χ3n) is 3.24. The van der Waals surface area contributed by atoms with Crippen LogP contribution < -0.4 is 10.6 Å². The number of aromatic nitrogens is 3. The van der Waals surface area contributed by atoms with Crippen LogP contribution in [0.4, 0.5) is 0 Å². The molecule has 0 saturated heterocycles. The molecule has 9 nitrogen and oxygen atoms in total. The van der Waals surface area contributed by atoms with Crippen LogP contribution in [0.3, 0.4) is 0 Å². The Morgan fingerprint density at radius 1 is 1.24 bits per heavy atom. The number of nitrogens with one attached hydrogen (secondary N) is 2. The zero-order valence-corrected chi connectivity index (χ0v) is 13.9. The minimum atomic E-state index is -0.701. The van der Waals surface area contributed by atoms with Gasteiger partial charge in [-0.25, -0.2) is 14.5 Å². The SMILES string of the molecule is CCNC(=O)[C@@H](C)NC(=O)COC(=O)c1ccc(-n2cncn2)cc1. The molecular weight excluding hydrogens is 326 g/mol. The molecular formula is C16H19N5O4. The van der Waals surface area contributed by atoms with E-state index < -0.39 is 24.5 Å². The molecule has 25 heavy (non-hydrogen) atoms. The van der Waals surface area contributed by atoms with Crippen LogP contribution in [0.2, 0.25) is 0 Å². The van der Waals surface area contributed by atoms with Gasteiger partial charge in [0.15, 0.2) is 6.61 Å². The van der Waals surface area contributed by atoms with Crippen molar-refractivity contribution < 1.29 is 19.1 Å². The van der Waals surface area contributed by atoms with E-state index in [0.29, 0.717) is 12.1 Å². The van der Waals surface area contributed by atoms with Crippen LogP contribution in [-0.4, -0.2) is 51.7 Å². The molecule has 2 amide bonds. The van der Waals surface area contributed by atoms with Gasteiger partial charge in [-0.1, -0.05) is 0 Å². The maximum Gasteiger partial charge on any atom is 0.338 e. The Balaban J connectivity index is 1.83. The number of carbonyl (C=O) groups excluding carboxylic acids is 3. The van der Waals surface area contributed by atoms with E-state index >= 15 is 0 Å². The second-order valence-corrected chi connectivity index (χ2v) is 5.15. The first kappa shape index (κ1) is 18.1. The molecule has 0 aliphatic heterocycles. The molecule has 0 saturated carbocycles. The molecule has 2 N–H and O–H groups in total. The molecule has 0 fully saturated rings. The third kappa shape index (κ3) is 5.13. The van der Waals surface area contributed by atoms with Gasteiger partial charge in [-0.05, 0) is 38.1 Å². The average Bonchev–Trinajstić information content (AvgIpc) is 3.14. The fraction of sp³-hybridized carbons (Fsp3) is 0.312. The summed E-state index contributed by atoms with van der Waals surface area (Å²) >= 11 is 0. The van der Waals surface area contributed by atoms with E-state index in [9.17, 15) is 14.4 Å². The van der Waals surface area contributed by atoms with E-state index in [1.807, 2.05) is 0 Å². The van der Waals surface area contributed by atoms with E-state index in [0.717, 1.165) is 5.69 Å². The van der Waals surface area contributed by atoms with E-state index in [1.54, 1.807) is 42.8 Å². The van der Waals surface area contributed by atoms with Crippen molar-refractivity contribution in [3.63, 3.8) is 0 Å². The smallest absolute Gasteiger partial charge is 0.338 e. The van der Waals surface area contributed by atoms with Crippen LogP contribution in [0, 0.1) is 0 Å². The summed E-state index contributed by atoms with van der Waals surface area (Å²) in [5, 5.41) is 9.02. The Hall–Kier alpha value is -3.23. The molecule has 0 aliphatic carbocycles. The Morgan fingerprint density at radius 2 is 1.96 bits per heavy atom. The molecule has 9 heteroatoms. The molecule has 2 aromatic rings. The Kier molecular flexibility index (Phi) is 6.21. The first-order chi connectivity index (χ1) is 12.0. The van der Waals surface area contributed by atoms with Crippen molar-refractivity contribution in [3.05, 3.63) is 42.5 Å². The van der Waals surface area contributed by atoms with Crippen LogP contribution in [0.5, 0.6) is 0 Å². The number of nitrogens with zero attached hydrogens (tertiary/aromatic N) is 3. The summed E-state index contributed by atoms with van der Waals surface area (Å²) in [6, 6.07) is 5.79. The first-order valence-electron chi connectivity index (χ1n) is 7.70. The van der Waals surface area contributed by atoms with Crippen LogP contribution >= 0.6 is 0 Å². The normalized spacial score (nSPS) is 11.4. The Bertz CT molecular complexity index is 727. The summed E-state index contributed by atoms with van der Waals surface area (Å²) in [5.41, 5.74) is 1.04. The number of ether oxygens (including phenoxy) is 1. The molecule has 0 unspecified atom stereocenters. The number of benzene rings is 1. The second-order valence-electron chi connectivity index (χ2n) is 5.15. The molecule has 132 valence electrons. The highest BCUT2D eigenvalue weighted by atomic mass is 16.5.